The molecule has 1 aromatic heterocycles. The first-order valence-electron chi connectivity index (χ1n) is 5.38. The van der Waals surface area contributed by atoms with Gasteiger partial charge in [-0.25, -0.2) is 8.42 Å². The molecule has 0 radical (unpaired) electrons. The first-order valence-corrected chi connectivity index (χ1v) is 8.23. The lowest BCUT2D eigenvalue weighted by Crippen LogP contribution is -2.06. The maximum absolute atomic E-state index is 11.1. The Kier molecular flexibility index (Phi) is 3.58. The Hall–Kier alpha value is -0.810. The summed E-state index contributed by atoms with van der Waals surface area (Å²) in [6, 6.07) is 8.14. The lowest BCUT2D eigenvalue weighted by Gasteiger charge is -2.04. The molecule has 92 valence electrons. The molecule has 0 amide bonds. The lowest BCUT2D eigenvalue weighted by molar-refractivity contribution is 0.593. The number of halogens is 1. The Bertz CT molecular complexity index is 631. The summed E-state index contributed by atoms with van der Waals surface area (Å²) in [5.74, 6) is 0.239. The topological polar surface area (TPSA) is 39.1 Å². The van der Waals surface area contributed by atoms with E-state index in [2.05, 4.69) is 26.6 Å². The minimum atomic E-state index is -2.86. The molecule has 0 atom stereocenters. The van der Waals surface area contributed by atoms with E-state index in [4.69, 9.17) is 0 Å². The zero-order valence-electron chi connectivity index (χ0n) is 9.56. The van der Waals surface area contributed by atoms with Crippen LogP contribution in [0.25, 0.3) is 10.9 Å². The van der Waals surface area contributed by atoms with Crippen LogP contribution in [-0.2, 0) is 16.4 Å². The average Bonchev–Trinajstić information content (AvgIpc) is 2.59. The van der Waals surface area contributed by atoms with Crippen molar-refractivity contribution in [3.63, 3.8) is 0 Å². The quantitative estimate of drug-likeness (QED) is 0.870. The van der Waals surface area contributed by atoms with Gasteiger partial charge in [-0.2, -0.15) is 0 Å². The van der Waals surface area contributed by atoms with Crippen LogP contribution in [0.3, 0.4) is 0 Å². The van der Waals surface area contributed by atoms with Gasteiger partial charge in [-0.15, -0.1) is 0 Å². The van der Waals surface area contributed by atoms with Crippen LogP contribution in [0.15, 0.2) is 34.9 Å². The minimum Gasteiger partial charge on any atom is -0.347 e. The van der Waals surface area contributed by atoms with Crippen LogP contribution >= 0.6 is 15.9 Å². The van der Waals surface area contributed by atoms with Crippen LogP contribution in [0.5, 0.6) is 0 Å². The van der Waals surface area contributed by atoms with E-state index < -0.39 is 9.84 Å². The summed E-state index contributed by atoms with van der Waals surface area (Å²) < 4.78 is 25.2. The Morgan fingerprint density at radius 2 is 2.06 bits per heavy atom. The average molecular weight is 316 g/mol. The van der Waals surface area contributed by atoms with Crippen LogP contribution in [0, 0.1) is 0 Å². The molecule has 5 heteroatoms. The van der Waals surface area contributed by atoms with Gasteiger partial charge in [-0.1, -0.05) is 15.9 Å². The fraction of sp³-hybridized carbons (Fsp3) is 0.333. The lowest BCUT2D eigenvalue weighted by atomic mass is 10.2. The fourth-order valence-corrected chi connectivity index (χ4v) is 2.90. The molecule has 0 unspecified atom stereocenters. The van der Waals surface area contributed by atoms with Gasteiger partial charge in [0.15, 0.2) is 0 Å². The highest BCUT2D eigenvalue weighted by Crippen LogP contribution is 2.21. The molecule has 2 aromatic rings. The van der Waals surface area contributed by atoms with Crippen LogP contribution in [0.1, 0.15) is 6.42 Å². The number of aromatic nitrogens is 1. The third-order valence-corrected chi connectivity index (χ3v) is 4.17. The first kappa shape index (κ1) is 12.6. The predicted octanol–water partition coefficient (Wildman–Crippen LogP) is 2.84. The number of sulfone groups is 1. The normalized spacial score (nSPS) is 12.1. The molecule has 0 fully saturated rings. The van der Waals surface area contributed by atoms with Crippen molar-refractivity contribution >= 4 is 36.7 Å². The van der Waals surface area contributed by atoms with Crippen molar-refractivity contribution in [2.45, 2.75) is 13.0 Å². The Morgan fingerprint density at radius 1 is 1.29 bits per heavy atom. The Morgan fingerprint density at radius 3 is 2.76 bits per heavy atom. The van der Waals surface area contributed by atoms with E-state index in [9.17, 15) is 8.42 Å². The fourth-order valence-electron chi connectivity index (χ4n) is 1.86. The maximum Gasteiger partial charge on any atom is 0.147 e. The van der Waals surface area contributed by atoms with Gasteiger partial charge >= 0.3 is 0 Å². The number of benzene rings is 1. The number of rotatable bonds is 4. The molecule has 1 aromatic carbocycles. The molecule has 3 nitrogen and oxygen atoms in total. The number of hydrogen-bond acceptors (Lipinski definition) is 2. The van der Waals surface area contributed by atoms with E-state index in [1.165, 1.54) is 11.6 Å². The summed E-state index contributed by atoms with van der Waals surface area (Å²) in [6.45, 7) is 0.734. The Labute approximate surface area is 109 Å². The van der Waals surface area contributed by atoms with Gasteiger partial charge in [0.25, 0.3) is 0 Å². The summed E-state index contributed by atoms with van der Waals surface area (Å²) in [5, 5.41) is 1.17. The van der Waals surface area contributed by atoms with E-state index in [-0.39, 0.29) is 5.75 Å². The van der Waals surface area contributed by atoms with Crippen molar-refractivity contribution < 1.29 is 8.42 Å². The second-order valence-electron chi connectivity index (χ2n) is 4.20. The molecule has 0 bridgehead atoms. The largest absolute Gasteiger partial charge is 0.347 e. The van der Waals surface area contributed by atoms with Crippen LogP contribution in [0.4, 0.5) is 0 Å². The highest BCUT2D eigenvalue weighted by Gasteiger charge is 2.04. The second kappa shape index (κ2) is 4.82. The number of nitrogens with zero attached hydrogens (tertiary/aromatic N) is 1. The molecule has 0 aliphatic rings. The molecule has 0 N–H and O–H groups in total. The predicted molar refractivity (Wildman–Crippen MR) is 74.0 cm³/mol. The van der Waals surface area contributed by atoms with Crippen molar-refractivity contribution in [3.05, 3.63) is 34.9 Å². The molecule has 1 heterocycles. The van der Waals surface area contributed by atoms with E-state index in [0.717, 1.165) is 16.5 Å². The van der Waals surface area contributed by atoms with E-state index in [1.807, 2.05) is 24.4 Å². The molecule has 17 heavy (non-hydrogen) atoms. The van der Waals surface area contributed by atoms with Crippen LogP contribution in [0.2, 0.25) is 0 Å². The third-order valence-electron chi connectivity index (χ3n) is 2.65. The summed E-state index contributed by atoms with van der Waals surface area (Å²) >= 11 is 3.43. The highest BCUT2D eigenvalue weighted by atomic mass is 79.9. The number of fused-ring (bicyclic) bond motifs is 1. The van der Waals surface area contributed by atoms with Crippen LogP contribution < -0.4 is 0 Å². The molecule has 0 saturated carbocycles. The number of aryl methyl sites for hydroxylation is 1. The van der Waals surface area contributed by atoms with Gasteiger partial charge in [0.2, 0.25) is 0 Å². The SMILES string of the molecule is CS(=O)(=O)CCCn1ccc2cc(Br)ccc21. The zero-order chi connectivity index (χ0) is 12.5. The maximum atomic E-state index is 11.1. The number of hydrogen-bond donors (Lipinski definition) is 0. The van der Waals surface area contributed by atoms with Gasteiger partial charge in [-0.3, -0.25) is 0 Å². The molecule has 2 rings (SSSR count). The second-order valence-corrected chi connectivity index (χ2v) is 7.37. The van der Waals surface area contributed by atoms with Crippen molar-refractivity contribution in [2.24, 2.45) is 0 Å². The van der Waals surface area contributed by atoms with Crippen molar-refractivity contribution in [1.82, 2.24) is 4.57 Å². The standard InChI is InChI=1S/C12H14BrNO2S/c1-17(15,16)8-2-6-14-7-5-10-9-11(13)3-4-12(10)14/h3-5,7,9H,2,6,8H2,1H3. The van der Waals surface area contributed by atoms with Gasteiger partial charge < -0.3 is 4.57 Å². The van der Waals surface area contributed by atoms with E-state index in [0.29, 0.717) is 6.42 Å². The summed E-state index contributed by atoms with van der Waals surface area (Å²) in [7, 11) is -2.86. The minimum absolute atomic E-state index is 0.239. The molecule has 0 spiro atoms. The molecular formula is C12H14BrNO2S. The zero-order valence-corrected chi connectivity index (χ0v) is 12.0. The van der Waals surface area contributed by atoms with Crippen molar-refractivity contribution in [1.29, 1.82) is 0 Å². The van der Waals surface area contributed by atoms with Crippen LogP contribution in [-0.4, -0.2) is 25.0 Å². The van der Waals surface area contributed by atoms with Crippen molar-refractivity contribution in [3.8, 4) is 0 Å². The monoisotopic (exact) mass is 315 g/mol. The summed E-state index contributed by atoms with van der Waals surface area (Å²) in [5.41, 5.74) is 1.14. The van der Waals surface area contributed by atoms with E-state index in [1.54, 1.807) is 0 Å². The smallest absolute Gasteiger partial charge is 0.147 e. The first-order chi connectivity index (χ1) is 7.96. The summed E-state index contributed by atoms with van der Waals surface area (Å²) in [6.07, 6.45) is 3.93. The molecule has 0 aliphatic carbocycles. The molecule has 0 aliphatic heterocycles. The van der Waals surface area contributed by atoms with Crippen molar-refractivity contribution in [2.75, 3.05) is 12.0 Å². The highest BCUT2D eigenvalue weighted by molar-refractivity contribution is 9.10. The van der Waals surface area contributed by atoms with Gasteiger partial charge in [0.1, 0.15) is 9.84 Å². The third kappa shape index (κ3) is 3.33. The summed E-state index contributed by atoms with van der Waals surface area (Å²) in [4.78, 5) is 0. The van der Waals surface area contributed by atoms with E-state index >= 15 is 0 Å². The van der Waals surface area contributed by atoms with Gasteiger partial charge in [-0.05, 0) is 30.7 Å². The Balaban J connectivity index is 2.14. The van der Waals surface area contributed by atoms with Gasteiger partial charge in [0, 0.05) is 34.4 Å². The molecular weight excluding hydrogens is 302 g/mol. The van der Waals surface area contributed by atoms with Gasteiger partial charge in [0.05, 0.1) is 5.75 Å². The molecule has 0 saturated heterocycles.